The molecule has 0 radical (unpaired) electrons. The van der Waals surface area contributed by atoms with Gasteiger partial charge in [-0.15, -0.1) is 0 Å². The molecule has 1 fully saturated rings. The first-order valence-corrected chi connectivity index (χ1v) is 6.61. The van der Waals surface area contributed by atoms with Gasteiger partial charge >= 0.3 is 0 Å². The predicted octanol–water partition coefficient (Wildman–Crippen LogP) is 2.31. The maximum absolute atomic E-state index is 5.64. The van der Waals surface area contributed by atoms with Crippen LogP contribution in [-0.4, -0.2) is 16.0 Å². The van der Waals surface area contributed by atoms with Crippen LogP contribution in [0.1, 0.15) is 24.2 Å². The maximum Gasteiger partial charge on any atom is 0.166 e. The molecule has 0 amide bonds. The van der Waals surface area contributed by atoms with Crippen molar-refractivity contribution < 1.29 is 4.74 Å². The largest absolute Gasteiger partial charge is 0.486 e. The third-order valence-electron chi connectivity index (χ3n) is 3.08. The van der Waals surface area contributed by atoms with E-state index >= 15 is 0 Å². The van der Waals surface area contributed by atoms with Gasteiger partial charge in [0.1, 0.15) is 12.4 Å². The van der Waals surface area contributed by atoms with E-state index in [-0.39, 0.29) is 0 Å². The van der Waals surface area contributed by atoms with Crippen molar-refractivity contribution >= 4 is 0 Å². The average Bonchev–Trinajstić information content (AvgIpc) is 3.29. The molecule has 1 aromatic carbocycles. The summed E-state index contributed by atoms with van der Waals surface area (Å²) in [7, 11) is 0. The quantitative estimate of drug-likeness (QED) is 0.860. The Morgan fingerprint density at radius 1 is 1.11 bits per heavy atom. The molecule has 0 atom stereocenters. The van der Waals surface area contributed by atoms with Gasteiger partial charge in [0.05, 0.1) is 0 Å². The molecule has 0 bridgehead atoms. The van der Waals surface area contributed by atoms with E-state index in [9.17, 15) is 0 Å². The van der Waals surface area contributed by atoms with Gasteiger partial charge in [0.15, 0.2) is 5.82 Å². The molecule has 98 valence electrons. The second-order valence-electron chi connectivity index (χ2n) is 4.75. The summed E-state index contributed by atoms with van der Waals surface area (Å²) in [6.45, 7) is 1.34. The van der Waals surface area contributed by atoms with Crippen molar-refractivity contribution in [1.29, 1.82) is 0 Å². The molecular formula is C15H17N3O. The fourth-order valence-electron chi connectivity index (χ4n) is 1.81. The third kappa shape index (κ3) is 3.76. The van der Waals surface area contributed by atoms with Gasteiger partial charge in [0.2, 0.25) is 0 Å². The summed E-state index contributed by atoms with van der Waals surface area (Å²) in [6.07, 6.45) is 6.08. The van der Waals surface area contributed by atoms with E-state index in [1.54, 1.807) is 18.5 Å². The van der Waals surface area contributed by atoms with Crippen molar-refractivity contribution in [2.45, 2.75) is 32.0 Å². The lowest BCUT2D eigenvalue weighted by atomic mass is 10.2. The molecular weight excluding hydrogens is 238 g/mol. The van der Waals surface area contributed by atoms with E-state index in [1.807, 2.05) is 12.1 Å². The van der Waals surface area contributed by atoms with Crippen LogP contribution >= 0.6 is 0 Å². The van der Waals surface area contributed by atoms with Crippen LogP contribution in [0.3, 0.4) is 0 Å². The molecule has 1 saturated carbocycles. The summed E-state index contributed by atoms with van der Waals surface area (Å²) in [6, 6.07) is 10.7. The molecule has 1 aliphatic rings. The second kappa shape index (κ2) is 5.80. The van der Waals surface area contributed by atoms with Crippen molar-refractivity contribution in [3.63, 3.8) is 0 Å². The van der Waals surface area contributed by atoms with Crippen LogP contribution < -0.4 is 10.1 Å². The van der Waals surface area contributed by atoms with Gasteiger partial charge in [-0.25, -0.2) is 9.97 Å². The molecule has 2 aromatic rings. The predicted molar refractivity (Wildman–Crippen MR) is 72.7 cm³/mol. The fraction of sp³-hybridized carbons (Fsp3) is 0.333. The molecule has 1 aliphatic carbocycles. The summed E-state index contributed by atoms with van der Waals surface area (Å²) in [5, 5.41) is 3.49. The van der Waals surface area contributed by atoms with E-state index in [4.69, 9.17) is 4.74 Å². The van der Waals surface area contributed by atoms with Crippen LogP contribution in [0.25, 0.3) is 0 Å². The zero-order valence-electron chi connectivity index (χ0n) is 10.7. The summed E-state index contributed by atoms with van der Waals surface area (Å²) < 4.78 is 5.64. The van der Waals surface area contributed by atoms with Crippen molar-refractivity contribution in [2.75, 3.05) is 0 Å². The van der Waals surface area contributed by atoms with Gasteiger partial charge in [0, 0.05) is 25.0 Å². The van der Waals surface area contributed by atoms with Crippen LogP contribution in [0.4, 0.5) is 0 Å². The minimum Gasteiger partial charge on any atom is -0.486 e. The minimum atomic E-state index is 0.403. The Morgan fingerprint density at radius 2 is 1.84 bits per heavy atom. The number of hydrogen-bond acceptors (Lipinski definition) is 4. The second-order valence-corrected chi connectivity index (χ2v) is 4.75. The Labute approximate surface area is 112 Å². The van der Waals surface area contributed by atoms with Crippen LogP contribution in [0.2, 0.25) is 0 Å². The summed E-state index contributed by atoms with van der Waals surface area (Å²) in [4.78, 5) is 8.24. The molecule has 1 aromatic heterocycles. The van der Waals surface area contributed by atoms with Crippen LogP contribution in [0.5, 0.6) is 5.75 Å². The number of ether oxygens (including phenoxy) is 1. The average molecular weight is 255 g/mol. The van der Waals surface area contributed by atoms with E-state index in [2.05, 4.69) is 27.4 Å². The first-order valence-electron chi connectivity index (χ1n) is 6.61. The Bertz CT molecular complexity index is 509. The van der Waals surface area contributed by atoms with Gasteiger partial charge in [-0.1, -0.05) is 12.1 Å². The highest BCUT2D eigenvalue weighted by molar-refractivity contribution is 5.27. The normalized spacial score (nSPS) is 14.3. The number of hydrogen-bond donors (Lipinski definition) is 1. The lowest BCUT2D eigenvalue weighted by molar-refractivity contribution is 0.295. The van der Waals surface area contributed by atoms with Crippen molar-refractivity contribution in [2.24, 2.45) is 0 Å². The van der Waals surface area contributed by atoms with Crippen LogP contribution in [-0.2, 0) is 13.2 Å². The smallest absolute Gasteiger partial charge is 0.166 e. The number of nitrogens with one attached hydrogen (secondary N) is 1. The van der Waals surface area contributed by atoms with Crippen LogP contribution in [0, 0.1) is 0 Å². The highest BCUT2D eigenvalue weighted by Gasteiger charge is 2.19. The first kappa shape index (κ1) is 12.1. The van der Waals surface area contributed by atoms with Crippen molar-refractivity contribution in [1.82, 2.24) is 15.3 Å². The number of aromatic nitrogens is 2. The summed E-state index contributed by atoms with van der Waals surface area (Å²) in [5.41, 5.74) is 1.29. The molecule has 1 heterocycles. The molecule has 4 nitrogen and oxygen atoms in total. The Kier molecular flexibility index (Phi) is 3.70. The highest BCUT2D eigenvalue weighted by atomic mass is 16.5. The summed E-state index contributed by atoms with van der Waals surface area (Å²) >= 11 is 0. The lowest BCUT2D eigenvalue weighted by Crippen LogP contribution is -2.15. The third-order valence-corrected chi connectivity index (χ3v) is 3.08. The van der Waals surface area contributed by atoms with E-state index < -0.39 is 0 Å². The maximum atomic E-state index is 5.64. The van der Waals surface area contributed by atoms with Gasteiger partial charge in [-0.05, 0) is 36.6 Å². The highest BCUT2D eigenvalue weighted by Crippen LogP contribution is 2.20. The number of benzene rings is 1. The molecule has 0 spiro atoms. The van der Waals surface area contributed by atoms with E-state index in [1.165, 1.54) is 18.4 Å². The Balaban J connectivity index is 1.50. The van der Waals surface area contributed by atoms with E-state index in [0.29, 0.717) is 12.4 Å². The van der Waals surface area contributed by atoms with Crippen molar-refractivity contribution in [3.8, 4) is 5.75 Å². The van der Waals surface area contributed by atoms with Gasteiger partial charge in [0.25, 0.3) is 0 Å². The molecule has 0 aliphatic heterocycles. The zero-order chi connectivity index (χ0) is 12.9. The lowest BCUT2D eigenvalue weighted by Gasteiger charge is -2.07. The van der Waals surface area contributed by atoms with E-state index in [0.717, 1.165) is 18.3 Å². The van der Waals surface area contributed by atoms with Crippen molar-refractivity contribution in [3.05, 3.63) is 54.1 Å². The standard InChI is InChI=1S/C15H17N3O/c1-8-16-15(17-9-1)11-19-14-6-2-12(3-7-14)10-18-13-4-5-13/h1-3,6-9,13,18H,4-5,10-11H2. The molecule has 4 heteroatoms. The zero-order valence-corrected chi connectivity index (χ0v) is 10.7. The Hall–Kier alpha value is -1.94. The van der Waals surface area contributed by atoms with Gasteiger partial charge in [-0.2, -0.15) is 0 Å². The SMILES string of the molecule is c1cnc(COc2ccc(CNC3CC3)cc2)nc1. The topological polar surface area (TPSA) is 47.0 Å². The number of rotatable bonds is 6. The summed E-state index contributed by atoms with van der Waals surface area (Å²) in [5.74, 6) is 1.55. The molecule has 0 saturated heterocycles. The molecule has 3 rings (SSSR count). The Morgan fingerprint density at radius 3 is 2.53 bits per heavy atom. The number of nitrogens with zero attached hydrogens (tertiary/aromatic N) is 2. The monoisotopic (exact) mass is 255 g/mol. The van der Waals surface area contributed by atoms with Gasteiger partial charge < -0.3 is 10.1 Å². The molecule has 0 unspecified atom stereocenters. The first-order chi connectivity index (χ1) is 9.40. The molecule has 19 heavy (non-hydrogen) atoms. The van der Waals surface area contributed by atoms with Crippen LogP contribution in [0.15, 0.2) is 42.7 Å². The molecule has 1 N–H and O–H groups in total. The van der Waals surface area contributed by atoms with Gasteiger partial charge in [-0.3, -0.25) is 0 Å². The minimum absolute atomic E-state index is 0.403. The fourth-order valence-corrected chi connectivity index (χ4v) is 1.81.